The van der Waals surface area contributed by atoms with Crippen LogP contribution in [-0.2, 0) is 16.4 Å². The van der Waals surface area contributed by atoms with Gasteiger partial charge in [-0.1, -0.05) is 12.1 Å². The number of aromatic nitrogens is 1. The Morgan fingerprint density at radius 2 is 2.04 bits per heavy atom. The van der Waals surface area contributed by atoms with E-state index in [4.69, 9.17) is 4.42 Å². The third kappa shape index (κ3) is 3.42. The Kier molecular flexibility index (Phi) is 4.28. The van der Waals surface area contributed by atoms with E-state index in [9.17, 15) is 18.5 Å². The first-order chi connectivity index (χ1) is 11.5. The van der Waals surface area contributed by atoms with Crippen molar-refractivity contribution in [3.8, 4) is 0 Å². The van der Waals surface area contributed by atoms with Gasteiger partial charge in [-0.15, -0.1) is 0 Å². The third-order valence-corrected chi connectivity index (χ3v) is 4.90. The van der Waals surface area contributed by atoms with Gasteiger partial charge in [0.05, 0.1) is 9.82 Å². The lowest BCUT2D eigenvalue weighted by molar-refractivity contribution is -0.385. The molecule has 0 unspecified atom stereocenters. The van der Waals surface area contributed by atoms with Gasteiger partial charge in [0.15, 0.2) is 12.0 Å². The number of nitro groups is 1. The second-order valence-corrected chi connectivity index (χ2v) is 6.82. The molecule has 0 spiro atoms. The standard InChI is InChI=1S/C15H13N3O5S/c19-18(20)12-2-1-3-13(9-12)24(21,22)17-7-6-11-4-5-14-15(8-11)23-10-16-14/h1-5,8-10,17H,6-7H2. The number of sulfonamides is 1. The minimum absolute atomic E-state index is 0.137. The molecule has 1 heterocycles. The molecule has 1 N–H and O–H groups in total. The Morgan fingerprint density at radius 1 is 1.21 bits per heavy atom. The van der Waals surface area contributed by atoms with E-state index in [1.807, 2.05) is 6.07 Å². The molecule has 3 aromatic rings. The fraction of sp³-hybridized carbons (Fsp3) is 0.133. The Balaban J connectivity index is 1.68. The van der Waals surface area contributed by atoms with Crippen molar-refractivity contribution in [2.75, 3.05) is 6.54 Å². The molecule has 3 rings (SSSR count). The summed E-state index contributed by atoms with van der Waals surface area (Å²) in [6.07, 6.45) is 1.80. The van der Waals surface area contributed by atoms with Crippen molar-refractivity contribution in [2.24, 2.45) is 0 Å². The molecule has 0 amide bonds. The number of nitrogens with zero attached hydrogens (tertiary/aromatic N) is 2. The molecule has 0 aliphatic carbocycles. The molecule has 0 radical (unpaired) electrons. The van der Waals surface area contributed by atoms with E-state index in [1.54, 1.807) is 12.1 Å². The molecule has 2 aromatic carbocycles. The van der Waals surface area contributed by atoms with E-state index in [0.29, 0.717) is 12.0 Å². The Morgan fingerprint density at radius 3 is 2.83 bits per heavy atom. The topological polar surface area (TPSA) is 115 Å². The molecule has 0 fully saturated rings. The predicted octanol–water partition coefficient (Wildman–Crippen LogP) is 2.26. The van der Waals surface area contributed by atoms with E-state index < -0.39 is 14.9 Å². The van der Waals surface area contributed by atoms with Gasteiger partial charge in [0.25, 0.3) is 5.69 Å². The molecule has 0 bridgehead atoms. The molecule has 0 aliphatic heterocycles. The minimum Gasteiger partial charge on any atom is -0.443 e. The molecule has 8 nitrogen and oxygen atoms in total. The maximum absolute atomic E-state index is 12.2. The first-order valence-electron chi connectivity index (χ1n) is 7.02. The van der Waals surface area contributed by atoms with E-state index in [2.05, 4.69) is 9.71 Å². The number of benzene rings is 2. The molecule has 124 valence electrons. The van der Waals surface area contributed by atoms with Crippen molar-refractivity contribution in [3.05, 3.63) is 64.5 Å². The zero-order valence-electron chi connectivity index (χ0n) is 12.4. The van der Waals surface area contributed by atoms with Gasteiger partial charge in [0, 0.05) is 18.7 Å². The zero-order chi connectivity index (χ0) is 17.2. The highest BCUT2D eigenvalue weighted by Crippen LogP contribution is 2.17. The van der Waals surface area contributed by atoms with Crippen LogP contribution < -0.4 is 4.72 Å². The van der Waals surface area contributed by atoms with Crippen LogP contribution in [0.15, 0.2) is 58.2 Å². The number of nitro benzene ring substituents is 1. The second-order valence-electron chi connectivity index (χ2n) is 5.06. The fourth-order valence-corrected chi connectivity index (χ4v) is 3.30. The molecule has 24 heavy (non-hydrogen) atoms. The van der Waals surface area contributed by atoms with Crippen molar-refractivity contribution >= 4 is 26.8 Å². The van der Waals surface area contributed by atoms with Gasteiger partial charge in [-0.2, -0.15) is 0 Å². The van der Waals surface area contributed by atoms with Crippen LogP contribution in [0.25, 0.3) is 11.1 Å². The first kappa shape index (κ1) is 16.1. The number of non-ortho nitro benzene ring substituents is 1. The molecule has 9 heteroatoms. The van der Waals surface area contributed by atoms with Crippen LogP contribution in [0.5, 0.6) is 0 Å². The number of fused-ring (bicyclic) bond motifs is 1. The van der Waals surface area contributed by atoms with Gasteiger partial charge >= 0.3 is 0 Å². The van der Waals surface area contributed by atoms with Crippen molar-refractivity contribution in [1.82, 2.24) is 9.71 Å². The highest BCUT2D eigenvalue weighted by Gasteiger charge is 2.17. The summed E-state index contributed by atoms with van der Waals surface area (Å²) in [7, 11) is -3.81. The molecule has 0 aliphatic rings. The average molecular weight is 347 g/mol. The van der Waals surface area contributed by atoms with Crippen LogP contribution in [0.4, 0.5) is 5.69 Å². The smallest absolute Gasteiger partial charge is 0.270 e. The van der Waals surface area contributed by atoms with Crippen LogP contribution in [0.3, 0.4) is 0 Å². The van der Waals surface area contributed by atoms with Gasteiger partial charge in [-0.25, -0.2) is 18.1 Å². The summed E-state index contributed by atoms with van der Waals surface area (Å²) in [6, 6.07) is 10.4. The summed E-state index contributed by atoms with van der Waals surface area (Å²) in [5.41, 5.74) is 1.99. The van der Waals surface area contributed by atoms with Crippen LogP contribution >= 0.6 is 0 Å². The van der Waals surface area contributed by atoms with E-state index in [-0.39, 0.29) is 17.1 Å². The lowest BCUT2D eigenvalue weighted by atomic mass is 10.1. The molecule has 0 atom stereocenters. The van der Waals surface area contributed by atoms with Crippen LogP contribution in [0.1, 0.15) is 5.56 Å². The normalized spacial score (nSPS) is 11.7. The molecule has 0 saturated heterocycles. The van der Waals surface area contributed by atoms with E-state index >= 15 is 0 Å². The summed E-state index contributed by atoms with van der Waals surface area (Å²) in [5.74, 6) is 0. The highest BCUT2D eigenvalue weighted by molar-refractivity contribution is 7.89. The fourth-order valence-electron chi connectivity index (χ4n) is 2.23. The van der Waals surface area contributed by atoms with Crippen molar-refractivity contribution in [1.29, 1.82) is 0 Å². The Labute approximate surface area is 137 Å². The maximum Gasteiger partial charge on any atom is 0.270 e. The van der Waals surface area contributed by atoms with E-state index in [0.717, 1.165) is 17.1 Å². The molecule has 1 aromatic heterocycles. The summed E-state index contributed by atoms with van der Waals surface area (Å²) >= 11 is 0. The summed E-state index contributed by atoms with van der Waals surface area (Å²) in [6.45, 7) is 0.157. The Bertz CT molecular complexity index is 997. The van der Waals surface area contributed by atoms with Crippen LogP contribution in [-0.4, -0.2) is 24.9 Å². The SMILES string of the molecule is O=[N+]([O-])c1cccc(S(=O)(=O)NCCc2ccc3ncoc3c2)c1. The monoisotopic (exact) mass is 347 g/mol. The molecular weight excluding hydrogens is 334 g/mol. The van der Waals surface area contributed by atoms with Crippen molar-refractivity contribution < 1.29 is 17.8 Å². The van der Waals surface area contributed by atoms with Gasteiger partial charge in [0.1, 0.15) is 5.52 Å². The van der Waals surface area contributed by atoms with Gasteiger partial charge in [-0.3, -0.25) is 10.1 Å². The lowest BCUT2D eigenvalue weighted by Crippen LogP contribution is -2.26. The molecule has 0 saturated carbocycles. The summed E-state index contributed by atoms with van der Waals surface area (Å²) in [4.78, 5) is 14.0. The predicted molar refractivity (Wildman–Crippen MR) is 86.0 cm³/mol. The highest BCUT2D eigenvalue weighted by atomic mass is 32.2. The van der Waals surface area contributed by atoms with Gasteiger partial charge in [0.2, 0.25) is 10.0 Å². The third-order valence-electron chi connectivity index (χ3n) is 3.44. The number of hydrogen-bond acceptors (Lipinski definition) is 6. The maximum atomic E-state index is 12.2. The number of rotatable bonds is 6. The number of nitrogens with one attached hydrogen (secondary N) is 1. The largest absolute Gasteiger partial charge is 0.443 e. The second kappa shape index (κ2) is 6.38. The Hall–Kier alpha value is -2.78. The van der Waals surface area contributed by atoms with Crippen molar-refractivity contribution in [3.63, 3.8) is 0 Å². The first-order valence-corrected chi connectivity index (χ1v) is 8.50. The quantitative estimate of drug-likeness (QED) is 0.540. The summed E-state index contributed by atoms with van der Waals surface area (Å²) < 4.78 is 32.0. The zero-order valence-corrected chi connectivity index (χ0v) is 13.2. The summed E-state index contributed by atoms with van der Waals surface area (Å²) in [5, 5.41) is 10.7. The van der Waals surface area contributed by atoms with E-state index in [1.165, 1.54) is 24.6 Å². The lowest BCUT2D eigenvalue weighted by Gasteiger charge is -2.07. The number of hydrogen-bond donors (Lipinski definition) is 1. The number of oxazole rings is 1. The van der Waals surface area contributed by atoms with Gasteiger partial charge in [-0.05, 0) is 30.2 Å². The average Bonchev–Trinajstić information content (AvgIpc) is 3.02. The van der Waals surface area contributed by atoms with Crippen LogP contribution in [0, 0.1) is 10.1 Å². The van der Waals surface area contributed by atoms with Crippen LogP contribution in [0.2, 0.25) is 0 Å². The van der Waals surface area contributed by atoms with Gasteiger partial charge < -0.3 is 4.42 Å². The minimum atomic E-state index is -3.81. The molecular formula is C15H13N3O5S. The van der Waals surface area contributed by atoms with Crippen molar-refractivity contribution in [2.45, 2.75) is 11.3 Å².